The van der Waals surface area contributed by atoms with Gasteiger partial charge in [-0.05, 0) is 43.4 Å². The quantitative estimate of drug-likeness (QED) is 0.0222. The van der Waals surface area contributed by atoms with E-state index in [1.54, 1.807) is 0 Å². The van der Waals surface area contributed by atoms with Gasteiger partial charge in [0.25, 0.3) is 0 Å². The summed E-state index contributed by atoms with van der Waals surface area (Å²) in [5, 5.41) is 10.7. The van der Waals surface area contributed by atoms with Crippen LogP contribution in [0.2, 0.25) is 0 Å². The molecule has 0 aliphatic carbocycles. The van der Waals surface area contributed by atoms with E-state index in [1.807, 2.05) is 0 Å². The average Bonchev–Trinajstić information content (AvgIpc) is 1.04. The highest BCUT2D eigenvalue weighted by molar-refractivity contribution is 7.47. The van der Waals surface area contributed by atoms with E-state index < -0.39 is 97.5 Å². The molecule has 6 atom stereocenters. The number of phosphoric ester groups is 2. The largest absolute Gasteiger partial charge is 0.472 e. The Hall–Kier alpha value is -1.94. The summed E-state index contributed by atoms with van der Waals surface area (Å²) in [5.41, 5.74) is 0. The fourth-order valence-corrected chi connectivity index (χ4v) is 15.3. The van der Waals surface area contributed by atoms with E-state index in [2.05, 4.69) is 48.5 Å². The van der Waals surface area contributed by atoms with E-state index in [-0.39, 0.29) is 25.7 Å². The van der Waals surface area contributed by atoms with Gasteiger partial charge in [-0.15, -0.1) is 0 Å². The van der Waals surface area contributed by atoms with Gasteiger partial charge in [-0.2, -0.15) is 0 Å². The zero-order chi connectivity index (χ0) is 78.6. The van der Waals surface area contributed by atoms with Crippen LogP contribution in [0, 0.1) is 17.8 Å². The highest BCUT2D eigenvalue weighted by Gasteiger charge is 2.31. The van der Waals surface area contributed by atoms with Crippen LogP contribution in [0.3, 0.4) is 0 Å². The molecular formula is C88H172O17P2. The normalized spacial score (nSPS) is 14.1. The minimum Gasteiger partial charge on any atom is -0.462 e. The molecular weight excluding hydrogens is 1390 g/mol. The number of hydrogen-bond acceptors (Lipinski definition) is 15. The number of aliphatic hydroxyl groups is 1. The van der Waals surface area contributed by atoms with Crippen molar-refractivity contribution in [1.29, 1.82) is 0 Å². The Labute approximate surface area is 658 Å². The lowest BCUT2D eigenvalue weighted by Gasteiger charge is -2.21. The summed E-state index contributed by atoms with van der Waals surface area (Å²) in [6, 6.07) is 0. The van der Waals surface area contributed by atoms with E-state index in [0.29, 0.717) is 25.7 Å². The van der Waals surface area contributed by atoms with Crippen LogP contribution in [0.4, 0.5) is 0 Å². The Balaban J connectivity index is 5.25. The van der Waals surface area contributed by atoms with E-state index in [0.717, 1.165) is 108 Å². The van der Waals surface area contributed by atoms with Gasteiger partial charge in [0.1, 0.15) is 19.3 Å². The molecule has 0 aliphatic rings. The second-order valence-electron chi connectivity index (χ2n) is 32.8. The van der Waals surface area contributed by atoms with Crippen molar-refractivity contribution < 1.29 is 80.2 Å². The number of carbonyl (C=O) groups is 4. The Morgan fingerprint density at radius 2 is 0.477 bits per heavy atom. The first kappa shape index (κ1) is 105. The molecule has 0 heterocycles. The number of phosphoric acid groups is 2. The molecule has 0 amide bonds. The molecule has 0 aliphatic heterocycles. The lowest BCUT2D eigenvalue weighted by atomic mass is 9.99. The Bertz CT molecular complexity index is 2060. The number of aliphatic hydroxyl groups excluding tert-OH is 1. The first-order valence-corrected chi connectivity index (χ1v) is 48.4. The standard InChI is InChI=1S/C88H172O17P2/c1-8-10-11-12-13-14-15-16-17-18-19-20-21-22-23-26-30-33-43-50-57-64-71-87(92)104-83(75-98-85(90)69-62-55-48-41-32-29-27-24-25-28-31-38-45-52-59-66-79(3)4)77-102-106(94,95)100-73-82(89)74-101-107(96,97)103-78-84(76-99-86(91)70-63-56-49-42-36-34-39-46-53-60-67-80(5)6)105-88(93)72-65-58-51-44-37-35-40-47-54-61-68-81(7)9-2/h79-84,89H,8-78H2,1-7H3,(H,94,95)(H,96,97)/t81?,82-,83-,84-/m1/s1. The van der Waals surface area contributed by atoms with Crippen LogP contribution in [0.5, 0.6) is 0 Å². The zero-order valence-corrected chi connectivity index (χ0v) is 72.4. The van der Waals surface area contributed by atoms with Crippen LogP contribution in [-0.4, -0.2) is 96.7 Å². The van der Waals surface area contributed by atoms with Crippen molar-refractivity contribution >= 4 is 39.5 Å². The summed E-state index contributed by atoms with van der Waals surface area (Å²) < 4.78 is 69.0. The number of rotatable bonds is 86. The topological polar surface area (TPSA) is 237 Å². The van der Waals surface area contributed by atoms with Gasteiger partial charge in [0.05, 0.1) is 26.4 Å². The van der Waals surface area contributed by atoms with Crippen LogP contribution < -0.4 is 0 Å². The molecule has 0 aromatic rings. The Morgan fingerprint density at radius 1 is 0.271 bits per heavy atom. The van der Waals surface area contributed by atoms with Gasteiger partial charge in [-0.25, -0.2) is 9.13 Å². The molecule has 0 radical (unpaired) electrons. The van der Waals surface area contributed by atoms with Gasteiger partial charge in [0.15, 0.2) is 12.2 Å². The first-order valence-electron chi connectivity index (χ1n) is 45.4. The van der Waals surface area contributed by atoms with Gasteiger partial charge in [-0.1, -0.05) is 414 Å². The highest BCUT2D eigenvalue weighted by Crippen LogP contribution is 2.45. The summed E-state index contributed by atoms with van der Waals surface area (Å²) in [6.07, 6.45) is 69.4. The molecule has 17 nitrogen and oxygen atoms in total. The molecule has 0 aromatic carbocycles. The van der Waals surface area contributed by atoms with Crippen molar-refractivity contribution in [2.45, 2.75) is 484 Å². The monoisotopic (exact) mass is 1560 g/mol. The molecule has 0 fully saturated rings. The van der Waals surface area contributed by atoms with E-state index >= 15 is 0 Å². The van der Waals surface area contributed by atoms with Gasteiger partial charge in [0, 0.05) is 25.7 Å². The predicted molar refractivity (Wildman–Crippen MR) is 441 cm³/mol. The van der Waals surface area contributed by atoms with Crippen LogP contribution in [0.15, 0.2) is 0 Å². The van der Waals surface area contributed by atoms with Gasteiger partial charge in [0.2, 0.25) is 0 Å². The molecule has 0 spiro atoms. The maximum atomic E-state index is 13.2. The summed E-state index contributed by atoms with van der Waals surface area (Å²) in [5.74, 6) is 0.265. The molecule has 0 aromatic heterocycles. The lowest BCUT2D eigenvalue weighted by molar-refractivity contribution is -0.161. The van der Waals surface area contributed by atoms with Crippen LogP contribution in [0.1, 0.15) is 466 Å². The lowest BCUT2D eigenvalue weighted by Crippen LogP contribution is -2.30. The predicted octanol–water partition coefficient (Wildman–Crippen LogP) is 26.9. The fourth-order valence-electron chi connectivity index (χ4n) is 13.7. The number of esters is 4. The minimum atomic E-state index is -4.97. The van der Waals surface area contributed by atoms with Crippen molar-refractivity contribution in [3.8, 4) is 0 Å². The van der Waals surface area contributed by atoms with Crippen molar-refractivity contribution in [1.82, 2.24) is 0 Å². The molecule has 636 valence electrons. The fraction of sp³-hybridized carbons (Fsp3) is 0.955. The molecule has 0 saturated heterocycles. The molecule has 3 unspecified atom stereocenters. The number of carbonyl (C=O) groups excluding carboxylic acids is 4. The summed E-state index contributed by atoms with van der Waals surface area (Å²) in [6.45, 7) is 12.0. The molecule has 0 rings (SSSR count). The van der Waals surface area contributed by atoms with Crippen molar-refractivity contribution in [3.63, 3.8) is 0 Å². The third-order valence-electron chi connectivity index (χ3n) is 21.0. The van der Waals surface area contributed by atoms with Crippen LogP contribution in [-0.2, 0) is 65.4 Å². The molecule has 107 heavy (non-hydrogen) atoms. The van der Waals surface area contributed by atoms with E-state index in [4.69, 9.17) is 37.0 Å². The Morgan fingerprint density at radius 3 is 0.710 bits per heavy atom. The second kappa shape index (κ2) is 78.0. The summed E-state index contributed by atoms with van der Waals surface area (Å²) in [4.78, 5) is 73.3. The van der Waals surface area contributed by atoms with Crippen molar-refractivity contribution in [2.24, 2.45) is 17.8 Å². The number of unbranched alkanes of at least 4 members (excludes halogenated alkanes) is 53. The third-order valence-corrected chi connectivity index (χ3v) is 22.9. The van der Waals surface area contributed by atoms with E-state index in [1.165, 1.54) is 276 Å². The van der Waals surface area contributed by atoms with Crippen molar-refractivity contribution in [3.05, 3.63) is 0 Å². The van der Waals surface area contributed by atoms with Crippen LogP contribution >= 0.6 is 15.6 Å². The third kappa shape index (κ3) is 80.5. The number of hydrogen-bond donors (Lipinski definition) is 3. The summed E-state index contributed by atoms with van der Waals surface area (Å²) >= 11 is 0. The van der Waals surface area contributed by atoms with Crippen molar-refractivity contribution in [2.75, 3.05) is 39.6 Å². The Kier molecular flexibility index (Phi) is 76.6. The van der Waals surface area contributed by atoms with Crippen LogP contribution in [0.25, 0.3) is 0 Å². The molecule has 3 N–H and O–H groups in total. The molecule has 0 bridgehead atoms. The van der Waals surface area contributed by atoms with E-state index in [9.17, 15) is 43.2 Å². The van der Waals surface area contributed by atoms with Gasteiger partial charge >= 0.3 is 39.5 Å². The average molecular weight is 1560 g/mol. The maximum absolute atomic E-state index is 13.2. The highest BCUT2D eigenvalue weighted by atomic mass is 31.2. The first-order chi connectivity index (χ1) is 51.8. The SMILES string of the molecule is CCCCCCCCCCCCCCCCCCCCCCCCC(=O)O[C@H](COC(=O)CCCCCCCCCCCCCCCCCC(C)C)COP(=O)(O)OC[C@@H](O)COP(=O)(O)OC[C@@H](COC(=O)CCCCCCCCCCCCC(C)C)OC(=O)CCCCCCCCCCCCC(C)CC. The van der Waals surface area contributed by atoms with Gasteiger partial charge in [-0.3, -0.25) is 37.3 Å². The second-order valence-corrected chi connectivity index (χ2v) is 35.7. The summed E-state index contributed by atoms with van der Waals surface area (Å²) in [7, 11) is -9.93. The minimum absolute atomic E-state index is 0.106. The van der Waals surface area contributed by atoms with Gasteiger partial charge < -0.3 is 33.8 Å². The smallest absolute Gasteiger partial charge is 0.462 e. The maximum Gasteiger partial charge on any atom is 0.472 e. The number of ether oxygens (including phenoxy) is 4. The molecule has 0 saturated carbocycles. The molecule has 19 heteroatoms. The zero-order valence-electron chi connectivity index (χ0n) is 70.6.